The largest absolute Gasteiger partial charge is 0.246 e. The minimum atomic E-state index is -0.304. The Morgan fingerprint density at radius 1 is 1.44 bits per heavy atom. The van der Waals surface area contributed by atoms with Gasteiger partial charge in [-0.1, -0.05) is 24.6 Å². The Kier molecular flexibility index (Phi) is 3.56. The topological polar surface area (TPSA) is 12.9 Å². The van der Waals surface area contributed by atoms with Crippen LogP contribution in [0, 0.1) is 5.82 Å². The molecule has 2 aromatic rings. The summed E-state index contributed by atoms with van der Waals surface area (Å²) in [6, 6.07) is 4.48. The molecule has 0 fully saturated rings. The SMILES string of the molecule is CCc1csc(Cc2ccc(F)cc2Cl)n1. The smallest absolute Gasteiger partial charge is 0.124 e. The Morgan fingerprint density at radius 2 is 2.25 bits per heavy atom. The fourth-order valence-corrected chi connectivity index (χ4v) is 2.55. The molecule has 0 aliphatic carbocycles. The summed E-state index contributed by atoms with van der Waals surface area (Å²) in [7, 11) is 0. The molecule has 0 N–H and O–H groups in total. The van der Waals surface area contributed by atoms with E-state index in [-0.39, 0.29) is 5.82 Å². The molecule has 0 spiro atoms. The van der Waals surface area contributed by atoms with Crippen LogP contribution >= 0.6 is 22.9 Å². The van der Waals surface area contributed by atoms with Gasteiger partial charge in [-0.15, -0.1) is 11.3 Å². The minimum absolute atomic E-state index is 0.304. The lowest BCUT2D eigenvalue weighted by molar-refractivity contribution is 0.627. The Balaban J connectivity index is 2.20. The van der Waals surface area contributed by atoms with Crippen LogP contribution in [-0.4, -0.2) is 4.98 Å². The number of aryl methyl sites for hydroxylation is 1. The molecule has 0 bridgehead atoms. The molecule has 0 amide bonds. The van der Waals surface area contributed by atoms with E-state index in [9.17, 15) is 4.39 Å². The Labute approximate surface area is 103 Å². The van der Waals surface area contributed by atoms with Gasteiger partial charge in [0.2, 0.25) is 0 Å². The number of thiazole rings is 1. The molecular formula is C12H11ClFNS. The molecule has 84 valence electrons. The Bertz CT molecular complexity index is 496. The highest BCUT2D eigenvalue weighted by Crippen LogP contribution is 2.22. The lowest BCUT2D eigenvalue weighted by Gasteiger charge is -2.01. The van der Waals surface area contributed by atoms with Gasteiger partial charge in [-0.05, 0) is 24.1 Å². The monoisotopic (exact) mass is 255 g/mol. The van der Waals surface area contributed by atoms with E-state index in [1.165, 1.54) is 12.1 Å². The maximum atomic E-state index is 12.8. The molecule has 1 heterocycles. The zero-order valence-corrected chi connectivity index (χ0v) is 10.4. The van der Waals surface area contributed by atoms with Gasteiger partial charge in [0.1, 0.15) is 5.82 Å². The van der Waals surface area contributed by atoms with E-state index in [4.69, 9.17) is 11.6 Å². The van der Waals surface area contributed by atoms with E-state index in [1.54, 1.807) is 17.4 Å². The fourth-order valence-electron chi connectivity index (χ4n) is 1.42. The molecule has 0 radical (unpaired) electrons. The second-order valence-corrected chi connectivity index (χ2v) is 4.85. The van der Waals surface area contributed by atoms with E-state index < -0.39 is 0 Å². The summed E-state index contributed by atoms with van der Waals surface area (Å²) in [4.78, 5) is 4.45. The van der Waals surface area contributed by atoms with Crippen molar-refractivity contribution in [3.63, 3.8) is 0 Å². The lowest BCUT2D eigenvalue weighted by Crippen LogP contribution is -1.90. The molecule has 16 heavy (non-hydrogen) atoms. The minimum Gasteiger partial charge on any atom is -0.246 e. The first kappa shape index (κ1) is 11.6. The Morgan fingerprint density at radius 3 is 2.88 bits per heavy atom. The number of hydrogen-bond donors (Lipinski definition) is 0. The molecule has 0 aliphatic rings. The number of aromatic nitrogens is 1. The van der Waals surface area contributed by atoms with Crippen molar-refractivity contribution in [2.24, 2.45) is 0 Å². The first-order chi connectivity index (χ1) is 7.69. The number of benzene rings is 1. The van der Waals surface area contributed by atoms with Crippen molar-refractivity contribution in [1.29, 1.82) is 0 Å². The van der Waals surface area contributed by atoms with Crippen LogP contribution in [0.15, 0.2) is 23.6 Å². The predicted octanol–water partition coefficient (Wildman–Crippen LogP) is 4.09. The van der Waals surface area contributed by atoms with Crippen LogP contribution in [0.1, 0.15) is 23.2 Å². The van der Waals surface area contributed by atoms with Crippen LogP contribution in [0.25, 0.3) is 0 Å². The summed E-state index contributed by atoms with van der Waals surface area (Å²) in [6.07, 6.45) is 1.61. The molecule has 1 aromatic carbocycles. The number of halogens is 2. The molecule has 1 nitrogen and oxygen atoms in total. The maximum absolute atomic E-state index is 12.8. The summed E-state index contributed by atoms with van der Waals surface area (Å²) in [5, 5.41) is 3.53. The average Bonchev–Trinajstić information content (AvgIpc) is 2.70. The highest BCUT2D eigenvalue weighted by Gasteiger charge is 2.06. The molecule has 0 saturated carbocycles. The fraction of sp³-hybridized carbons (Fsp3) is 0.250. The van der Waals surface area contributed by atoms with Crippen molar-refractivity contribution in [3.8, 4) is 0 Å². The first-order valence-electron chi connectivity index (χ1n) is 5.06. The van der Waals surface area contributed by atoms with Crippen molar-refractivity contribution >= 4 is 22.9 Å². The van der Waals surface area contributed by atoms with Crippen LogP contribution in [-0.2, 0) is 12.8 Å². The second kappa shape index (κ2) is 4.93. The summed E-state index contributed by atoms with van der Waals surface area (Å²) in [5.41, 5.74) is 2.01. The van der Waals surface area contributed by atoms with Gasteiger partial charge in [0, 0.05) is 16.8 Å². The van der Waals surface area contributed by atoms with E-state index in [0.717, 1.165) is 22.7 Å². The maximum Gasteiger partial charge on any atom is 0.124 e. The highest BCUT2D eigenvalue weighted by atomic mass is 35.5. The van der Waals surface area contributed by atoms with E-state index in [2.05, 4.69) is 11.9 Å². The molecule has 4 heteroatoms. The number of nitrogens with zero attached hydrogens (tertiary/aromatic N) is 1. The molecule has 2 rings (SSSR count). The predicted molar refractivity (Wildman–Crippen MR) is 65.7 cm³/mol. The highest BCUT2D eigenvalue weighted by molar-refractivity contribution is 7.09. The summed E-state index contributed by atoms with van der Waals surface area (Å²) in [6.45, 7) is 2.07. The van der Waals surface area contributed by atoms with Gasteiger partial charge in [0.15, 0.2) is 0 Å². The van der Waals surface area contributed by atoms with Gasteiger partial charge in [0.25, 0.3) is 0 Å². The van der Waals surface area contributed by atoms with Crippen molar-refractivity contribution in [2.75, 3.05) is 0 Å². The Hall–Kier alpha value is -0.930. The third-order valence-corrected chi connectivity index (χ3v) is 3.57. The van der Waals surface area contributed by atoms with Crippen LogP contribution in [0.5, 0.6) is 0 Å². The molecular weight excluding hydrogens is 245 g/mol. The van der Waals surface area contributed by atoms with Crippen LogP contribution < -0.4 is 0 Å². The normalized spacial score (nSPS) is 10.7. The third-order valence-electron chi connectivity index (χ3n) is 2.32. The average molecular weight is 256 g/mol. The van der Waals surface area contributed by atoms with Gasteiger partial charge in [-0.3, -0.25) is 0 Å². The molecule has 1 aromatic heterocycles. The quantitative estimate of drug-likeness (QED) is 0.805. The molecule has 0 atom stereocenters. The van der Waals surface area contributed by atoms with E-state index in [1.807, 2.05) is 5.38 Å². The van der Waals surface area contributed by atoms with Crippen molar-refractivity contribution in [2.45, 2.75) is 19.8 Å². The third kappa shape index (κ3) is 2.60. The number of hydrogen-bond acceptors (Lipinski definition) is 2. The molecule has 0 aliphatic heterocycles. The zero-order valence-electron chi connectivity index (χ0n) is 8.84. The van der Waals surface area contributed by atoms with Gasteiger partial charge in [-0.25, -0.2) is 9.37 Å². The molecule has 0 unspecified atom stereocenters. The van der Waals surface area contributed by atoms with Crippen molar-refractivity contribution < 1.29 is 4.39 Å². The summed E-state index contributed by atoms with van der Waals surface area (Å²) >= 11 is 7.58. The van der Waals surface area contributed by atoms with Gasteiger partial charge < -0.3 is 0 Å². The van der Waals surface area contributed by atoms with E-state index in [0.29, 0.717) is 11.4 Å². The van der Waals surface area contributed by atoms with Crippen LogP contribution in [0.3, 0.4) is 0 Å². The second-order valence-electron chi connectivity index (χ2n) is 3.50. The van der Waals surface area contributed by atoms with E-state index >= 15 is 0 Å². The molecule has 0 saturated heterocycles. The summed E-state index contributed by atoms with van der Waals surface area (Å²) < 4.78 is 12.8. The van der Waals surface area contributed by atoms with Crippen LogP contribution in [0.4, 0.5) is 4.39 Å². The van der Waals surface area contributed by atoms with Crippen molar-refractivity contribution in [1.82, 2.24) is 4.98 Å². The van der Waals surface area contributed by atoms with Crippen molar-refractivity contribution in [3.05, 3.63) is 50.7 Å². The lowest BCUT2D eigenvalue weighted by atomic mass is 10.1. The van der Waals surface area contributed by atoms with Gasteiger partial charge in [0.05, 0.1) is 10.7 Å². The van der Waals surface area contributed by atoms with Gasteiger partial charge in [-0.2, -0.15) is 0 Å². The zero-order chi connectivity index (χ0) is 11.5. The van der Waals surface area contributed by atoms with Gasteiger partial charge >= 0.3 is 0 Å². The number of rotatable bonds is 3. The first-order valence-corrected chi connectivity index (χ1v) is 6.32. The van der Waals surface area contributed by atoms with Crippen LogP contribution in [0.2, 0.25) is 5.02 Å². The summed E-state index contributed by atoms with van der Waals surface area (Å²) in [5.74, 6) is -0.304. The standard InChI is InChI=1S/C12H11ClFNS/c1-2-10-7-16-12(15-10)5-8-3-4-9(14)6-11(8)13/h3-4,6-7H,2,5H2,1H3.